The molecule has 0 atom stereocenters. The number of benzene rings is 1. The fraction of sp³-hybridized carbons (Fsp3) is 0.231. The molecule has 0 saturated heterocycles. The Morgan fingerprint density at radius 2 is 2.11 bits per heavy atom. The zero-order valence-electron chi connectivity index (χ0n) is 9.82. The number of nitrogens with one attached hydrogen (secondary N) is 1. The Morgan fingerprint density at radius 1 is 1.32 bits per heavy atom. The van der Waals surface area contributed by atoms with Gasteiger partial charge in [0, 0.05) is 17.0 Å². The smallest absolute Gasteiger partial charge is 0.277 e. The van der Waals surface area contributed by atoms with Crippen LogP contribution in [0.5, 0.6) is 0 Å². The number of amides is 1. The van der Waals surface area contributed by atoms with E-state index in [0.717, 1.165) is 18.6 Å². The van der Waals surface area contributed by atoms with Crippen LogP contribution in [0.15, 0.2) is 28.8 Å². The molecule has 0 unspecified atom stereocenters. The molecule has 1 aliphatic carbocycles. The van der Waals surface area contributed by atoms with E-state index in [4.69, 9.17) is 27.7 Å². The molecule has 1 heterocycles. The Labute approximate surface area is 119 Å². The third-order valence-electron chi connectivity index (χ3n) is 2.92. The summed E-state index contributed by atoms with van der Waals surface area (Å²) in [5.74, 6) is 0.848. The van der Waals surface area contributed by atoms with Crippen LogP contribution in [0, 0.1) is 0 Å². The standard InChI is InChI=1S/C13H10Cl2N2O2/c14-8-3-4-10(9(15)5-8)16-13(18)11-6-12(19-17-11)7-1-2-7/h3-7H,1-2H2,(H,16,18). The minimum absolute atomic E-state index is 0.257. The van der Waals surface area contributed by atoms with Crippen LogP contribution in [0.3, 0.4) is 0 Å². The Bertz CT molecular complexity index is 635. The zero-order valence-corrected chi connectivity index (χ0v) is 11.3. The highest BCUT2D eigenvalue weighted by Crippen LogP contribution is 2.40. The van der Waals surface area contributed by atoms with Crippen LogP contribution < -0.4 is 5.32 Å². The maximum Gasteiger partial charge on any atom is 0.277 e. The zero-order chi connectivity index (χ0) is 13.4. The fourth-order valence-electron chi connectivity index (χ4n) is 1.73. The van der Waals surface area contributed by atoms with E-state index < -0.39 is 0 Å². The van der Waals surface area contributed by atoms with Gasteiger partial charge in [-0.2, -0.15) is 0 Å². The van der Waals surface area contributed by atoms with Crippen LogP contribution in [-0.2, 0) is 0 Å². The number of hydrogen-bond donors (Lipinski definition) is 1. The molecule has 98 valence electrons. The normalized spacial score (nSPS) is 14.4. The molecule has 1 N–H and O–H groups in total. The number of halogens is 2. The molecular formula is C13H10Cl2N2O2. The molecule has 1 aliphatic rings. The Morgan fingerprint density at radius 3 is 2.79 bits per heavy atom. The first-order chi connectivity index (χ1) is 9.13. The van der Waals surface area contributed by atoms with Crippen molar-refractivity contribution in [1.82, 2.24) is 5.16 Å². The van der Waals surface area contributed by atoms with Gasteiger partial charge in [0.1, 0.15) is 5.76 Å². The molecule has 1 aromatic heterocycles. The summed E-state index contributed by atoms with van der Waals surface area (Å²) in [6.45, 7) is 0. The first kappa shape index (κ1) is 12.5. The van der Waals surface area contributed by atoms with Crippen LogP contribution in [0.1, 0.15) is 35.0 Å². The summed E-state index contributed by atoms with van der Waals surface area (Å²) in [5, 5.41) is 7.33. The second-order valence-electron chi connectivity index (χ2n) is 4.47. The molecule has 1 saturated carbocycles. The van der Waals surface area contributed by atoms with Crippen LogP contribution in [0.2, 0.25) is 10.0 Å². The van der Waals surface area contributed by atoms with E-state index in [1.54, 1.807) is 24.3 Å². The molecule has 0 aliphatic heterocycles. The average molecular weight is 297 g/mol. The van der Waals surface area contributed by atoms with Crippen LogP contribution in [0.4, 0.5) is 5.69 Å². The largest absolute Gasteiger partial charge is 0.360 e. The first-order valence-electron chi connectivity index (χ1n) is 5.86. The summed E-state index contributed by atoms with van der Waals surface area (Å²) < 4.78 is 5.13. The molecule has 0 spiro atoms. The van der Waals surface area contributed by atoms with Gasteiger partial charge in [0.15, 0.2) is 5.69 Å². The lowest BCUT2D eigenvalue weighted by molar-refractivity contribution is 0.101. The van der Waals surface area contributed by atoms with E-state index in [1.165, 1.54) is 0 Å². The minimum Gasteiger partial charge on any atom is -0.360 e. The second kappa shape index (κ2) is 4.87. The lowest BCUT2D eigenvalue weighted by Gasteiger charge is -2.05. The van der Waals surface area contributed by atoms with Gasteiger partial charge < -0.3 is 9.84 Å². The van der Waals surface area contributed by atoms with Gasteiger partial charge in [0.05, 0.1) is 10.7 Å². The summed E-state index contributed by atoms with van der Waals surface area (Å²) in [6.07, 6.45) is 2.19. The highest BCUT2D eigenvalue weighted by molar-refractivity contribution is 6.36. The topological polar surface area (TPSA) is 55.1 Å². The predicted molar refractivity (Wildman–Crippen MR) is 72.9 cm³/mol. The number of hydrogen-bond acceptors (Lipinski definition) is 3. The molecule has 3 rings (SSSR count). The lowest BCUT2D eigenvalue weighted by Crippen LogP contribution is -2.12. The van der Waals surface area contributed by atoms with Gasteiger partial charge in [0.25, 0.3) is 5.91 Å². The van der Waals surface area contributed by atoms with Gasteiger partial charge in [-0.25, -0.2) is 0 Å². The van der Waals surface area contributed by atoms with Crippen LogP contribution in [-0.4, -0.2) is 11.1 Å². The minimum atomic E-state index is -0.347. The molecule has 1 fully saturated rings. The van der Waals surface area contributed by atoms with Crippen molar-refractivity contribution in [2.45, 2.75) is 18.8 Å². The quantitative estimate of drug-likeness (QED) is 0.927. The van der Waals surface area contributed by atoms with Crippen molar-refractivity contribution in [3.05, 3.63) is 45.8 Å². The molecule has 1 aromatic carbocycles. The van der Waals surface area contributed by atoms with Crippen molar-refractivity contribution < 1.29 is 9.32 Å². The van der Waals surface area contributed by atoms with Crippen LogP contribution >= 0.6 is 23.2 Å². The molecule has 4 nitrogen and oxygen atoms in total. The van der Waals surface area contributed by atoms with Gasteiger partial charge in [-0.15, -0.1) is 0 Å². The van der Waals surface area contributed by atoms with Gasteiger partial charge in [-0.05, 0) is 31.0 Å². The van der Waals surface area contributed by atoms with Gasteiger partial charge in [-0.1, -0.05) is 28.4 Å². The number of anilines is 1. The second-order valence-corrected chi connectivity index (χ2v) is 5.31. The monoisotopic (exact) mass is 296 g/mol. The third-order valence-corrected chi connectivity index (χ3v) is 3.47. The van der Waals surface area contributed by atoms with E-state index in [2.05, 4.69) is 10.5 Å². The highest BCUT2D eigenvalue weighted by atomic mass is 35.5. The third kappa shape index (κ3) is 2.74. The number of carbonyl (C=O) groups excluding carboxylic acids is 1. The summed E-state index contributed by atoms with van der Waals surface area (Å²) in [5.41, 5.74) is 0.750. The van der Waals surface area contributed by atoms with Crippen molar-refractivity contribution in [1.29, 1.82) is 0 Å². The maximum absolute atomic E-state index is 12.0. The molecule has 0 bridgehead atoms. The van der Waals surface area contributed by atoms with Gasteiger partial charge in [-0.3, -0.25) is 4.79 Å². The Balaban J connectivity index is 1.76. The lowest BCUT2D eigenvalue weighted by atomic mass is 10.2. The maximum atomic E-state index is 12.0. The Kier molecular flexibility index (Phi) is 3.21. The van der Waals surface area contributed by atoms with E-state index in [1.807, 2.05) is 0 Å². The summed E-state index contributed by atoms with van der Waals surface area (Å²) in [4.78, 5) is 12.0. The fourth-order valence-corrected chi connectivity index (χ4v) is 2.19. The predicted octanol–water partition coefficient (Wildman–Crippen LogP) is 4.11. The van der Waals surface area contributed by atoms with Gasteiger partial charge in [0.2, 0.25) is 0 Å². The first-order valence-corrected chi connectivity index (χ1v) is 6.62. The van der Waals surface area contributed by atoms with E-state index in [0.29, 0.717) is 21.7 Å². The number of aromatic nitrogens is 1. The van der Waals surface area contributed by atoms with E-state index in [9.17, 15) is 4.79 Å². The average Bonchev–Trinajstić information content (AvgIpc) is 3.10. The summed E-state index contributed by atoms with van der Waals surface area (Å²) >= 11 is 11.8. The van der Waals surface area contributed by atoms with Crippen molar-refractivity contribution in [2.24, 2.45) is 0 Å². The Hall–Kier alpha value is -1.52. The molecule has 6 heteroatoms. The van der Waals surface area contributed by atoms with Gasteiger partial charge >= 0.3 is 0 Å². The number of carbonyl (C=O) groups is 1. The van der Waals surface area contributed by atoms with E-state index >= 15 is 0 Å². The van der Waals surface area contributed by atoms with Crippen molar-refractivity contribution in [3.8, 4) is 0 Å². The van der Waals surface area contributed by atoms with E-state index in [-0.39, 0.29) is 11.6 Å². The molecule has 2 aromatic rings. The molecular weight excluding hydrogens is 287 g/mol. The number of rotatable bonds is 3. The summed E-state index contributed by atoms with van der Waals surface area (Å²) in [6, 6.07) is 6.54. The number of nitrogens with zero attached hydrogens (tertiary/aromatic N) is 1. The van der Waals surface area contributed by atoms with Crippen molar-refractivity contribution >= 4 is 34.8 Å². The van der Waals surface area contributed by atoms with Crippen molar-refractivity contribution in [2.75, 3.05) is 5.32 Å². The highest BCUT2D eigenvalue weighted by Gasteiger charge is 2.28. The van der Waals surface area contributed by atoms with Crippen LogP contribution in [0.25, 0.3) is 0 Å². The van der Waals surface area contributed by atoms with Crippen molar-refractivity contribution in [3.63, 3.8) is 0 Å². The summed E-state index contributed by atoms with van der Waals surface area (Å²) in [7, 11) is 0. The molecule has 0 radical (unpaired) electrons. The molecule has 1 amide bonds. The molecule has 19 heavy (non-hydrogen) atoms. The SMILES string of the molecule is O=C(Nc1ccc(Cl)cc1Cl)c1cc(C2CC2)on1.